The number of carbonyl (C=O) groups excluding carboxylic acids is 1. The molecule has 0 spiro atoms. The molecule has 1 saturated carbocycles. The van der Waals surface area contributed by atoms with Crippen LogP contribution in [0.15, 0.2) is 5.38 Å². The number of hydrogen-bond acceptors (Lipinski definition) is 4. The Bertz CT molecular complexity index is 528. The van der Waals surface area contributed by atoms with Crippen LogP contribution in [0, 0.1) is 5.92 Å². The molecule has 0 radical (unpaired) electrons. The average Bonchev–Trinajstić information content (AvgIpc) is 3.12. The van der Waals surface area contributed by atoms with E-state index in [4.69, 9.17) is 4.74 Å². The summed E-state index contributed by atoms with van der Waals surface area (Å²) in [6.45, 7) is 3.32. The Morgan fingerprint density at radius 1 is 1.52 bits per heavy atom. The maximum atomic E-state index is 12.5. The summed E-state index contributed by atoms with van der Waals surface area (Å²) in [6, 6.07) is -0.591. The number of thiazole rings is 1. The number of nitrogens with zero attached hydrogens (tertiary/aromatic N) is 1. The largest absolute Gasteiger partial charge is 0.434 e. The maximum Gasteiger partial charge on any atom is 0.434 e. The minimum atomic E-state index is -4.46. The second-order valence-electron chi connectivity index (χ2n) is 5.35. The molecular formula is C13H17F3N2O2S. The van der Waals surface area contributed by atoms with E-state index in [9.17, 15) is 18.0 Å². The molecule has 2 unspecified atom stereocenters. The van der Waals surface area contributed by atoms with Crippen LogP contribution in [0.3, 0.4) is 0 Å². The van der Waals surface area contributed by atoms with E-state index in [2.05, 4.69) is 10.3 Å². The van der Waals surface area contributed by atoms with Crippen LogP contribution in [0.1, 0.15) is 43.4 Å². The van der Waals surface area contributed by atoms with E-state index in [1.807, 2.05) is 0 Å². The van der Waals surface area contributed by atoms with Gasteiger partial charge in [0.1, 0.15) is 10.6 Å². The molecule has 4 nitrogen and oxygen atoms in total. The molecule has 0 aliphatic heterocycles. The van der Waals surface area contributed by atoms with E-state index in [0.717, 1.165) is 29.6 Å². The number of alkyl halides is 3. The average molecular weight is 322 g/mol. The highest BCUT2D eigenvalue weighted by Crippen LogP contribution is 2.42. The first-order valence-corrected chi connectivity index (χ1v) is 7.45. The van der Waals surface area contributed by atoms with Crippen molar-refractivity contribution in [3.63, 3.8) is 0 Å². The molecule has 1 fully saturated rings. The van der Waals surface area contributed by atoms with Gasteiger partial charge in [-0.2, -0.15) is 13.2 Å². The van der Waals surface area contributed by atoms with Gasteiger partial charge < -0.3 is 10.1 Å². The van der Waals surface area contributed by atoms with E-state index in [-0.39, 0.29) is 16.8 Å². The van der Waals surface area contributed by atoms with Crippen molar-refractivity contribution >= 4 is 17.2 Å². The number of nitrogens with one attached hydrogen (secondary N) is 1. The lowest BCUT2D eigenvalue weighted by Gasteiger charge is -2.28. The molecule has 1 aliphatic rings. The van der Waals surface area contributed by atoms with Crippen molar-refractivity contribution < 1.29 is 22.7 Å². The van der Waals surface area contributed by atoms with Crippen molar-refractivity contribution in [1.29, 1.82) is 0 Å². The van der Waals surface area contributed by atoms with Gasteiger partial charge in [0.2, 0.25) is 0 Å². The highest BCUT2D eigenvalue weighted by Gasteiger charge is 2.48. The fourth-order valence-electron chi connectivity index (χ4n) is 2.10. The molecule has 0 saturated heterocycles. The van der Waals surface area contributed by atoms with Crippen molar-refractivity contribution in [3.8, 4) is 0 Å². The van der Waals surface area contributed by atoms with E-state index >= 15 is 0 Å². The Kier molecular flexibility index (Phi) is 4.30. The zero-order valence-electron chi connectivity index (χ0n) is 12.0. The summed E-state index contributed by atoms with van der Waals surface area (Å²) in [7, 11) is 1.47. The van der Waals surface area contributed by atoms with Crippen molar-refractivity contribution in [2.24, 2.45) is 5.92 Å². The highest BCUT2D eigenvalue weighted by atomic mass is 32.1. The zero-order valence-corrected chi connectivity index (χ0v) is 12.8. The van der Waals surface area contributed by atoms with Gasteiger partial charge in [0.15, 0.2) is 5.69 Å². The van der Waals surface area contributed by atoms with Crippen LogP contribution in [0.4, 0.5) is 13.2 Å². The van der Waals surface area contributed by atoms with Gasteiger partial charge in [0.05, 0.1) is 6.04 Å². The number of amides is 1. The summed E-state index contributed by atoms with van der Waals surface area (Å²) in [5, 5.41) is 3.87. The van der Waals surface area contributed by atoms with Gasteiger partial charge in [-0.1, -0.05) is 0 Å². The Morgan fingerprint density at radius 2 is 2.14 bits per heavy atom. The van der Waals surface area contributed by atoms with Gasteiger partial charge in [-0.25, -0.2) is 4.98 Å². The molecule has 1 aromatic heterocycles. The number of hydrogen-bond donors (Lipinski definition) is 1. The maximum absolute atomic E-state index is 12.5. The van der Waals surface area contributed by atoms with Crippen LogP contribution in [0.5, 0.6) is 0 Å². The molecule has 1 N–H and O–H groups in total. The second kappa shape index (κ2) is 5.57. The third kappa shape index (κ3) is 3.37. The first-order chi connectivity index (χ1) is 9.68. The summed E-state index contributed by atoms with van der Waals surface area (Å²) in [5.74, 6) is -0.152. The molecule has 0 bridgehead atoms. The first-order valence-electron chi connectivity index (χ1n) is 6.57. The monoisotopic (exact) mass is 322 g/mol. The van der Waals surface area contributed by atoms with Gasteiger partial charge in [-0.05, 0) is 32.6 Å². The minimum absolute atomic E-state index is 0.164. The minimum Gasteiger partial charge on any atom is -0.368 e. The molecule has 1 amide bonds. The molecule has 118 valence electrons. The van der Waals surface area contributed by atoms with Gasteiger partial charge in [0, 0.05) is 12.5 Å². The molecule has 1 aromatic rings. The number of halogens is 3. The Labute approximate surface area is 124 Å². The molecule has 21 heavy (non-hydrogen) atoms. The van der Waals surface area contributed by atoms with E-state index in [1.165, 1.54) is 7.11 Å². The number of rotatable bonds is 5. The molecule has 2 atom stereocenters. The third-order valence-electron chi connectivity index (χ3n) is 3.76. The topological polar surface area (TPSA) is 51.2 Å². The summed E-state index contributed by atoms with van der Waals surface area (Å²) < 4.78 is 42.9. The number of aromatic nitrogens is 1. The summed E-state index contributed by atoms with van der Waals surface area (Å²) in [6.07, 6.45) is -2.63. The summed E-state index contributed by atoms with van der Waals surface area (Å²) in [5.41, 5.74) is -1.86. The van der Waals surface area contributed by atoms with Crippen LogP contribution < -0.4 is 5.32 Å². The zero-order chi connectivity index (χ0) is 15.8. The number of carbonyl (C=O) groups is 1. The van der Waals surface area contributed by atoms with E-state index in [0.29, 0.717) is 0 Å². The molecule has 1 heterocycles. The van der Waals surface area contributed by atoms with Crippen LogP contribution in [0.25, 0.3) is 0 Å². The standard InChI is InChI=1S/C13H17F3N2O2S/c1-7(10-18-9(6-21-10)13(14,15)16)17-11(19)12(2,20-3)8-4-5-8/h6-8H,4-5H2,1-3H3,(H,17,19). The summed E-state index contributed by atoms with van der Waals surface area (Å²) in [4.78, 5) is 15.8. The van der Waals surface area contributed by atoms with Crippen molar-refractivity contribution in [2.75, 3.05) is 7.11 Å². The Hall–Kier alpha value is -1.15. The first kappa shape index (κ1) is 16.2. The van der Waals surface area contributed by atoms with Crippen LogP contribution in [-0.2, 0) is 15.7 Å². The molecule has 2 rings (SSSR count). The smallest absolute Gasteiger partial charge is 0.368 e. The van der Waals surface area contributed by atoms with Crippen molar-refractivity contribution in [1.82, 2.24) is 10.3 Å². The lowest BCUT2D eigenvalue weighted by Crippen LogP contribution is -2.48. The lowest BCUT2D eigenvalue weighted by molar-refractivity contribution is -0.144. The molecular weight excluding hydrogens is 305 g/mol. The van der Waals surface area contributed by atoms with E-state index < -0.39 is 23.5 Å². The normalized spacial score (nSPS) is 19.9. The van der Waals surface area contributed by atoms with Crippen LogP contribution in [-0.4, -0.2) is 23.6 Å². The molecule has 8 heteroatoms. The number of ether oxygens (including phenoxy) is 1. The quantitative estimate of drug-likeness (QED) is 0.906. The Morgan fingerprint density at radius 3 is 2.57 bits per heavy atom. The predicted molar refractivity (Wildman–Crippen MR) is 71.8 cm³/mol. The Balaban J connectivity index is 2.05. The van der Waals surface area contributed by atoms with Gasteiger partial charge >= 0.3 is 6.18 Å². The molecule has 1 aliphatic carbocycles. The number of methoxy groups -OCH3 is 1. The molecule has 0 aromatic carbocycles. The van der Waals surface area contributed by atoms with Crippen molar-refractivity contribution in [2.45, 2.75) is 44.5 Å². The lowest BCUT2D eigenvalue weighted by atomic mass is 9.99. The van der Waals surface area contributed by atoms with Gasteiger partial charge in [-0.15, -0.1) is 11.3 Å². The van der Waals surface area contributed by atoms with Gasteiger partial charge in [-0.3, -0.25) is 4.79 Å². The van der Waals surface area contributed by atoms with Crippen LogP contribution >= 0.6 is 11.3 Å². The van der Waals surface area contributed by atoms with Gasteiger partial charge in [0.25, 0.3) is 5.91 Å². The summed E-state index contributed by atoms with van der Waals surface area (Å²) >= 11 is 0.882. The van der Waals surface area contributed by atoms with Crippen LogP contribution in [0.2, 0.25) is 0 Å². The predicted octanol–water partition coefficient (Wildman–Crippen LogP) is 3.15. The van der Waals surface area contributed by atoms with Crippen molar-refractivity contribution in [3.05, 3.63) is 16.1 Å². The second-order valence-corrected chi connectivity index (χ2v) is 6.24. The highest BCUT2D eigenvalue weighted by molar-refractivity contribution is 7.09. The fourth-order valence-corrected chi connectivity index (χ4v) is 2.93. The SMILES string of the molecule is COC(C)(C(=O)NC(C)c1nc(C(F)(F)F)cs1)C1CC1. The third-order valence-corrected chi connectivity index (χ3v) is 4.79. The fraction of sp³-hybridized carbons (Fsp3) is 0.692. The van der Waals surface area contributed by atoms with E-state index in [1.54, 1.807) is 13.8 Å².